The lowest BCUT2D eigenvalue weighted by molar-refractivity contribution is -0.137. The zero-order valence-corrected chi connectivity index (χ0v) is 20.1. The van der Waals surface area contributed by atoms with E-state index in [9.17, 15) is 18.0 Å². The number of alkyl halides is 3. The number of nitrogens with zero attached hydrogens (tertiary/aromatic N) is 6. The van der Waals surface area contributed by atoms with Gasteiger partial charge in [0.1, 0.15) is 11.4 Å². The summed E-state index contributed by atoms with van der Waals surface area (Å²) < 4.78 is 51.3. The third kappa shape index (κ3) is 7.96. The average molecular weight is 501 g/mol. The monoisotopic (exact) mass is 500 g/mol. The van der Waals surface area contributed by atoms with E-state index in [2.05, 4.69) is 25.6 Å². The van der Waals surface area contributed by atoms with Crippen LogP contribution in [0.1, 0.15) is 18.4 Å². The van der Waals surface area contributed by atoms with Gasteiger partial charge in [-0.3, -0.25) is 10.1 Å². The van der Waals surface area contributed by atoms with Crippen LogP contribution in [-0.4, -0.2) is 97.7 Å². The molecule has 1 fully saturated rings. The van der Waals surface area contributed by atoms with Crippen molar-refractivity contribution >= 4 is 29.6 Å². The molecule has 1 saturated heterocycles. The van der Waals surface area contributed by atoms with E-state index in [1.54, 1.807) is 4.90 Å². The molecule has 1 aliphatic heterocycles. The molecule has 0 aromatic carbocycles. The fraction of sp³-hybridized carbons (Fsp3) is 0.619. The first-order chi connectivity index (χ1) is 16.6. The Hall–Kier alpha value is -3.13. The molecule has 0 saturated carbocycles. The highest BCUT2D eigenvalue weighted by atomic mass is 19.4. The fourth-order valence-electron chi connectivity index (χ4n) is 3.27. The maximum absolute atomic E-state index is 13.5. The van der Waals surface area contributed by atoms with Crippen LogP contribution in [-0.2, 0) is 15.7 Å². The largest absolute Gasteiger partial charge is 0.421 e. The van der Waals surface area contributed by atoms with Gasteiger partial charge in [0.2, 0.25) is 17.7 Å². The van der Waals surface area contributed by atoms with Gasteiger partial charge in [0.05, 0.1) is 25.8 Å². The molecular weight excluding hydrogens is 469 g/mol. The number of likely N-dealkylation sites (N-methyl/N-ethyl adjacent to an activating group) is 2. The van der Waals surface area contributed by atoms with E-state index in [-0.39, 0.29) is 30.1 Å². The molecule has 0 radical (unpaired) electrons. The van der Waals surface area contributed by atoms with Crippen molar-refractivity contribution in [3.63, 3.8) is 0 Å². The van der Waals surface area contributed by atoms with Crippen molar-refractivity contribution in [3.05, 3.63) is 18.0 Å². The van der Waals surface area contributed by atoms with Gasteiger partial charge in [0, 0.05) is 46.0 Å². The Balaban J connectivity index is 1.62. The first-order valence-corrected chi connectivity index (χ1v) is 11.3. The number of carbonyl (C=O) groups excluding carboxylic acids is 1. The van der Waals surface area contributed by atoms with E-state index in [1.807, 2.05) is 30.9 Å². The minimum atomic E-state index is -4.63. The zero-order valence-electron chi connectivity index (χ0n) is 20.1. The van der Waals surface area contributed by atoms with Crippen molar-refractivity contribution in [2.75, 3.05) is 82.6 Å². The van der Waals surface area contributed by atoms with E-state index < -0.39 is 11.7 Å². The Morgan fingerprint density at radius 3 is 2.69 bits per heavy atom. The van der Waals surface area contributed by atoms with Gasteiger partial charge in [-0.2, -0.15) is 23.1 Å². The number of anilines is 4. The normalized spacial score (nSPS) is 14.8. The van der Waals surface area contributed by atoms with Crippen molar-refractivity contribution in [2.45, 2.75) is 19.0 Å². The van der Waals surface area contributed by atoms with Crippen molar-refractivity contribution in [3.8, 4) is 0 Å². The third-order valence-electron chi connectivity index (χ3n) is 5.25. The summed E-state index contributed by atoms with van der Waals surface area (Å²) in [5, 5.41) is 5.48. The lowest BCUT2D eigenvalue weighted by atomic mass is 10.3. The van der Waals surface area contributed by atoms with Crippen LogP contribution in [0.4, 0.5) is 36.8 Å². The molecule has 2 N–H and O–H groups in total. The topological polar surface area (TPSA) is 112 Å². The summed E-state index contributed by atoms with van der Waals surface area (Å²) in [6.07, 6.45) is -1.75. The van der Waals surface area contributed by atoms with Crippen LogP contribution in [0.5, 0.6) is 0 Å². The Bertz CT molecular complexity index is 970. The highest BCUT2D eigenvalue weighted by Gasteiger charge is 2.35. The van der Waals surface area contributed by atoms with Gasteiger partial charge in [-0.15, -0.1) is 0 Å². The standard InChI is InChI=1S/C21H31F3N8O3/c1-30(2)8-9-31(3)20-27-14-16(35-20)28-19-26-13-15(21(22,23)24)18(29-19)25-6-4-7-32-10-12-34-11-5-17(32)33/h13-14H,4-12H2,1-3H3,(H2,25,26,28,29). The van der Waals surface area contributed by atoms with E-state index in [0.29, 0.717) is 57.9 Å². The van der Waals surface area contributed by atoms with Gasteiger partial charge in [-0.05, 0) is 20.5 Å². The summed E-state index contributed by atoms with van der Waals surface area (Å²) in [6, 6.07) is 0.355. The van der Waals surface area contributed by atoms with Gasteiger partial charge < -0.3 is 29.2 Å². The minimum absolute atomic E-state index is 0.0224. The SMILES string of the molecule is CN(C)CCN(C)c1ncc(Nc2ncc(C(F)(F)F)c(NCCCN3CCOCCC3=O)n2)o1. The van der Waals surface area contributed by atoms with Gasteiger partial charge in [0.25, 0.3) is 6.01 Å². The molecule has 2 aromatic heterocycles. The van der Waals surface area contributed by atoms with Gasteiger partial charge >= 0.3 is 6.18 Å². The number of nitrogens with one attached hydrogen (secondary N) is 2. The molecule has 3 heterocycles. The molecule has 0 spiro atoms. The second-order valence-electron chi connectivity index (χ2n) is 8.33. The van der Waals surface area contributed by atoms with Gasteiger partial charge in [0.15, 0.2) is 0 Å². The molecule has 14 heteroatoms. The van der Waals surface area contributed by atoms with Crippen LogP contribution in [0.3, 0.4) is 0 Å². The molecule has 1 amide bonds. The molecule has 0 unspecified atom stereocenters. The first-order valence-electron chi connectivity index (χ1n) is 11.3. The molecule has 3 rings (SSSR count). The molecule has 11 nitrogen and oxygen atoms in total. The van der Waals surface area contributed by atoms with Crippen LogP contribution >= 0.6 is 0 Å². The highest BCUT2D eigenvalue weighted by molar-refractivity contribution is 5.76. The lowest BCUT2D eigenvalue weighted by Gasteiger charge is -2.20. The average Bonchev–Trinajstić information content (AvgIpc) is 3.16. The summed E-state index contributed by atoms with van der Waals surface area (Å²) in [4.78, 5) is 29.5. The molecule has 0 atom stereocenters. The molecule has 1 aliphatic rings. The van der Waals surface area contributed by atoms with Crippen LogP contribution in [0.2, 0.25) is 0 Å². The molecule has 2 aromatic rings. The van der Waals surface area contributed by atoms with Crippen LogP contribution < -0.4 is 15.5 Å². The lowest BCUT2D eigenvalue weighted by Crippen LogP contribution is -2.33. The number of ether oxygens (including phenoxy) is 1. The maximum atomic E-state index is 13.5. The number of hydrogen-bond donors (Lipinski definition) is 2. The zero-order chi connectivity index (χ0) is 25.4. The van der Waals surface area contributed by atoms with Crippen LogP contribution in [0, 0.1) is 0 Å². The number of rotatable bonds is 11. The first kappa shape index (κ1) is 26.5. The van der Waals surface area contributed by atoms with Crippen molar-refractivity contribution in [1.29, 1.82) is 0 Å². The number of aromatic nitrogens is 3. The molecule has 0 bridgehead atoms. The Morgan fingerprint density at radius 1 is 1.14 bits per heavy atom. The summed E-state index contributed by atoms with van der Waals surface area (Å²) in [5.41, 5.74) is -0.982. The number of oxazole rings is 1. The van der Waals surface area contributed by atoms with Crippen molar-refractivity contribution in [1.82, 2.24) is 24.8 Å². The summed E-state index contributed by atoms with van der Waals surface area (Å²) in [5.74, 6) is -0.252. The number of amides is 1. The number of hydrogen-bond acceptors (Lipinski definition) is 10. The highest BCUT2D eigenvalue weighted by Crippen LogP contribution is 2.34. The minimum Gasteiger partial charge on any atom is -0.407 e. The van der Waals surface area contributed by atoms with Crippen LogP contribution in [0.25, 0.3) is 0 Å². The summed E-state index contributed by atoms with van der Waals surface area (Å²) in [7, 11) is 5.72. The molecular formula is C21H31F3N8O3. The van der Waals surface area contributed by atoms with E-state index >= 15 is 0 Å². The Morgan fingerprint density at radius 2 is 1.94 bits per heavy atom. The van der Waals surface area contributed by atoms with Gasteiger partial charge in [-0.25, -0.2) is 4.98 Å². The smallest absolute Gasteiger partial charge is 0.407 e. The van der Waals surface area contributed by atoms with Gasteiger partial charge in [-0.1, -0.05) is 0 Å². The van der Waals surface area contributed by atoms with E-state index in [0.717, 1.165) is 6.54 Å². The molecule has 35 heavy (non-hydrogen) atoms. The number of halogens is 3. The summed E-state index contributed by atoms with van der Waals surface area (Å²) >= 11 is 0. The summed E-state index contributed by atoms with van der Waals surface area (Å²) in [6.45, 7) is 3.37. The predicted octanol–water partition coefficient (Wildman–Crippen LogP) is 2.28. The molecule has 194 valence electrons. The quantitative estimate of drug-likeness (QED) is 0.446. The maximum Gasteiger partial charge on any atom is 0.421 e. The van der Waals surface area contributed by atoms with Crippen LogP contribution in [0.15, 0.2) is 16.8 Å². The predicted molar refractivity (Wildman–Crippen MR) is 124 cm³/mol. The molecule has 0 aliphatic carbocycles. The van der Waals surface area contributed by atoms with Crippen molar-refractivity contribution in [2.24, 2.45) is 0 Å². The second kappa shape index (κ2) is 12.0. The van der Waals surface area contributed by atoms with E-state index in [1.165, 1.54) is 6.20 Å². The Kier molecular flexibility index (Phi) is 9.09. The Labute approximate surface area is 201 Å². The third-order valence-corrected chi connectivity index (χ3v) is 5.25. The number of carbonyl (C=O) groups is 1. The second-order valence-corrected chi connectivity index (χ2v) is 8.33. The fourth-order valence-corrected chi connectivity index (χ4v) is 3.27. The van der Waals surface area contributed by atoms with Crippen molar-refractivity contribution < 1.29 is 27.1 Å². The van der Waals surface area contributed by atoms with E-state index in [4.69, 9.17) is 9.15 Å².